The standard InChI is InChI=1S/C29H39F3N4O4/c1-18(2)33-28(39)34-24-10-11-25-22(12-24)13-27(38)36(20(4)17-37)14-19(3)26(40-25)16-35(5)15-21-6-8-23(9-7-21)29(30,31)32/h6-12,18-20,26,37H,13-17H2,1-5H3,(H2,33,34,39)/t19-,20+,26-/m1/s1. The topological polar surface area (TPSA) is 94.1 Å². The molecule has 1 aliphatic heterocycles. The normalized spacial score (nSPS) is 18.9. The number of carbonyl (C=O) groups is 2. The Bertz CT molecular complexity index is 1160. The van der Waals surface area contributed by atoms with Gasteiger partial charge in [-0.3, -0.25) is 9.69 Å². The lowest BCUT2D eigenvalue weighted by Crippen LogP contribution is -2.47. The summed E-state index contributed by atoms with van der Waals surface area (Å²) in [6.07, 6.45) is -4.73. The Labute approximate surface area is 233 Å². The molecule has 3 N–H and O–H groups in total. The highest BCUT2D eigenvalue weighted by molar-refractivity contribution is 5.90. The molecule has 3 atom stereocenters. The number of carbonyl (C=O) groups excluding carboxylic acids is 2. The Morgan fingerprint density at radius 3 is 2.45 bits per heavy atom. The molecule has 0 unspecified atom stereocenters. The third-order valence-electron chi connectivity index (χ3n) is 6.82. The summed E-state index contributed by atoms with van der Waals surface area (Å²) in [4.78, 5) is 29.2. The second-order valence-corrected chi connectivity index (χ2v) is 10.9. The Morgan fingerprint density at radius 1 is 1.18 bits per heavy atom. The molecule has 2 aromatic carbocycles. The largest absolute Gasteiger partial charge is 0.488 e. The van der Waals surface area contributed by atoms with Gasteiger partial charge in [0, 0.05) is 42.8 Å². The van der Waals surface area contributed by atoms with E-state index in [1.165, 1.54) is 12.1 Å². The average molecular weight is 565 g/mol. The fraction of sp³-hybridized carbons (Fsp3) is 0.517. The molecule has 1 aliphatic rings. The van der Waals surface area contributed by atoms with Crippen molar-refractivity contribution in [2.45, 2.75) is 65.0 Å². The summed E-state index contributed by atoms with van der Waals surface area (Å²) in [6.45, 7) is 8.46. The number of halogens is 3. The van der Waals surface area contributed by atoms with Gasteiger partial charge < -0.3 is 25.4 Å². The van der Waals surface area contributed by atoms with Crippen LogP contribution in [0.1, 0.15) is 44.4 Å². The minimum Gasteiger partial charge on any atom is -0.488 e. The molecular weight excluding hydrogens is 525 g/mol. The number of fused-ring (bicyclic) bond motifs is 1. The van der Waals surface area contributed by atoms with Crippen molar-refractivity contribution < 1.29 is 32.6 Å². The molecule has 0 bridgehead atoms. The van der Waals surface area contributed by atoms with Gasteiger partial charge in [0.2, 0.25) is 5.91 Å². The van der Waals surface area contributed by atoms with E-state index < -0.39 is 17.8 Å². The number of ether oxygens (including phenoxy) is 1. The smallest absolute Gasteiger partial charge is 0.416 e. The van der Waals surface area contributed by atoms with E-state index in [0.717, 1.165) is 17.7 Å². The molecule has 0 aromatic heterocycles. The molecule has 0 fully saturated rings. The number of amides is 3. The monoisotopic (exact) mass is 564 g/mol. The van der Waals surface area contributed by atoms with Crippen molar-refractivity contribution in [2.75, 3.05) is 32.1 Å². The van der Waals surface area contributed by atoms with Gasteiger partial charge in [0.05, 0.1) is 24.6 Å². The summed E-state index contributed by atoms with van der Waals surface area (Å²) in [5, 5.41) is 15.4. The maximum absolute atomic E-state index is 13.3. The molecule has 2 aromatic rings. The van der Waals surface area contributed by atoms with Gasteiger partial charge in [-0.2, -0.15) is 13.2 Å². The van der Waals surface area contributed by atoms with Crippen LogP contribution in [0.15, 0.2) is 42.5 Å². The van der Waals surface area contributed by atoms with Crippen molar-refractivity contribution in [2.24, 2.45) is 5.92 Å². The fourth-order valence-corrected chi connectivity index (χ4v) is 4.64. The molecule has 0 radical (unpaired) electrons. The molecule has 40 heavy (non-hydrogen) atoms. The number of aliphatic hydroxyl groups excluding tert-OH is 1. The zero-order valence-corrected chi connectivity index (χ0v) is 23.6. The first-order chi connectivity index (χ1) is 18.8. The first-order valence-corrected chi connectivity index (χ1v) is 13.4. The Balaban J connectivity index is 1.85. The van der Waals surface area contributed by atoms with Crippen LogP contribution in [0.4, 0.5) is 23.7 Å². The van der Waals surface area contributed by atoms with Crippen molar-refractivity contribution >= 4 is 17.6 Å². The van der Waals surface area contributed by atoms with Crippen LogP contribution in [0.2, 0.25) is 0 Å². The molecule has 3 amide bonds. The Morgan fingerprint density at radius 2 is 1.85 bits per heavy atom. The third-order valence-corrected chi connectivity index (χ3v) is 6.82. The van der Waals surface area contributed by atoms with Gasteiger partial charge in [-0.25, -0.2) is 4.79 Å². The number of rotatable bonds is 8. The number of nitrogens with zero attached hydrogens (tertiary/aromatic N) is 2. The van der Waals surface area contributed by atoms with Crippen LogP contribution >= 0.6 is 0 Å². The van der Waals surface area contributed by atoms with Gasteiger partial charge >= 0.3 is 12.2 Å². The van der Waals surface area contributed by atoms with Gasteiger partial charge in [-0.15, -0.1) is 0 Å². The van der Waals surface area contributed by atoms with E-state index >= 15 is 0 Å². The summed E-state index contributed by atoms with van der Waals surface area (Å²) in [6, 6.07) is 9.43. The second-order valence-electron chi connectivity index (χ2n) is 10.9. The highest BCUT2D eigenvalue weighted by Gasteiger charge is 2.32. The van der Waals surface area contributed by atoms with Crippen LogP contribution in [-0.2, 0) is 23.9 Å². The van der Waals surface area contributed by atoms with Crippen LogP contribution < -0.4 is 15.4 Å². The van der Waals surface area contributed by atoms with Gasteiger partial charge in [-0.05, 0) is 63.7 Å². The minimum atomic E-state index is -4.39. The molecule has 0 aliphatic carbocycles. The summed E-state index contributed by atoms with van der Waals surface area (Å²) in [7, 11) is 1.86. The van der Waals surface area contributed by atoms with Crippen LogP contribution in [0.25, 0.3) is 0 Å². The predicted octanol–water partition coefficient (Wildman–Crippen LogP) is 4.52. The second kappa shape index (κ2) is 13.4. The molecule has 1 heterocycles. The van der Waals surface area contributed by atoms with Crippen molar-refractivity contribution in [3.63, 3.8) is 0 Å². The van der Waals surface area contributed by atoms with Crippen LogP contribution in [0.5, 0.6) is 5.75 Å². The van der Waals surface area contributed by atoms with E-state index in [9.17, 15) is 27.9 Å². The van der Waals surface area contributed by atoms with E-state index in [-0.39, 0.29) is 43.0 Å². The lowest BCUT2D eigenvalue weighted by Gasteiger charge is -2.34. The molecule has 0 saturated heterocycles. The number of urea groups is 1. The number of benzene rings is 2. The van der Waals surface area contributed by atoms with Crippen molar-refractivity contribution in [3.8, 4) is 5.75 Å². The summed E-state index contributed by atoms with van der Waals surface area (Å²) in [5.41, 5.74) is 1.15. The SMILES string of the molecule is CC(C)NC(=O)Nc1ccc2c(c1)CC(=O)N([C@@H](C)CO)C[C@@H](C)[C@@H](CN(C)Cc1ccc(C(F)(F)F)cc1)O2. The lowest BCUT2D eigenvalue weighted by atomic mass is 10.0. The number of alkyl halides is 3. The average Bonchev–Trinajstić information content (AvgIpc) is 2.90. The maximum atomic E-state index is 13.3. The Hall–Kier alpha value is -3.31. The fourth-order valence-electron chi connectivity index (χ4n) is 4.64. The number of hydrogen-bond acceptors (Lipinski definition) is 5. The molecule has 11 heteroatoms. The summed E-state index contributed by atoms with van der Waals surface area (Å²) >= 11 is 0. The van der Waals surface area contributed by atoms with Gasteiger partial charge in [0.15, 0.2) is 0 Å². The van der Waals surface area contributed by atoms with Gasteiger partial charge in [0.1, 0.15) is 11.9 Å². The number of nitrogens with one attached hydrogen (secondary N) is 2. The van der Waals surface area contributed by atoms with E-state index in [2.05, 4.69) is 10.6 Å². The third kappa shape index (κ3) is 8.59. The quantitative estimate of drug-likeness (QED) is 0.439. The van der Waals surface area contributed by atoms with Crippen LogP contribution in [-0.4, -0.2) is 71.8 Å². The zero-order valence-electron chi connectivity index (χ0n) is 23.6. The minimum absolute atomic E-state index is 0.0296. The van der Waals surface area contributed by atoms with Crippen molar-refractivity contribution in [1.82, 2.24) is 15.1 Å². The van der Waals surface area contributed by atoms with Crippen molar-refractivity contribution in [1.29, 1.82) is 0 Å². The predicted molar refractivity (Wildman–Crippen MR) is 147 cm³/mol. The summed E-state index contributed by atoms with van der Waals surface area (Å²) in [5.74, 6) is 0.218. The van der Waals surface area contributed by atoms with E-state index in [1.807, 2.05) is 32.7 Å². The number of hydrogen-bond donors (Lipinski definition) is 3. The van der Waals surface area contributed by atoms with E-state index in [1.54, 1.807) is 30.0 Å². The van der Waals surface area contributed by atoms with E-state index in [4.69, 9.17) is 4.74 Å². The van der Waals surface area contributed by atoms with Gasteiger partial charge in [0.25, 0.3) is 0 Å². The lowest BCUT2D eigenvalue weighted by molar-refractivity contribution is -0.137. The number of aliphatic hydroxyl groups is 1. The summed E-state index contributed by atoms with van der Waals surface area (Å²) < 4.78 is 45.3. The van der Waals surface area contributed by atoms with Crippen molar-refractivity contribution in [3.05, 3.63) is 59.2 Å². The first-order valence-electron chi connectivity index (χ1n) is 13.4. The molecule has 0 saturated carbocycles. The van der Waals surface area contributed by atoms with Crippen LogP contribution in [0, 0.1) is 5.92 Å². The number of anilines is 1. The van der Waals surface area contributed by atoms with E-state index in [0.29, 0.717) is 36.6 Å². The molecule has 0 spiro atoms. The highest BCUT2D eigenvalue weighted by Crippen LogP contribution is 2.31. The maximum Gasteiger partial charge on any atom is 0.416 e. The first kappa shape index (κ1) is 31.2. The molecular formula is C29H39F3N4O4. The molecule has 220 valence electrons. The highest BCUT2D eigenvalue weighted by atomic mass is 19.4. The molecule has 8 nitrogen and oxygen atoms in total. The van der Waals surface area contributed by atoms with Crippen LogP contribution in [0.3, 0.4) is 0 Å². The van der Waals surface area contributed by atoms with Gasteiger partial charge in [-0.1, -0.05) is 19.1 Å². The Kier molecular flexibility index (Phi) is 10.4. The number of likely N-dealkylation sites (N-methyl/N-ethyl adjacent to an activating group) is 1. The zero-order chi connectivity index (χ0) is 29.6. The molecule has 3 rings (SSSR count).